The number of oxime groups is 1. The number of hydroxylamine groups is 2. The summed E-state index contributed by atoms with van der Waals surface area (Å²) in [6.45, 7) is 5.14. The minimum atomic E-state index is -4.96. The van der Waals surface area contributed by atoms with E-state index in [1.54, 1.807) is 0 Å². The van der Waals surface area contributed by atoms with Crippen molar-refractivity contribution in [1.82, 2.24) is 15.4 Å². The molecule has 1 atom stereocenters. The van der Waals surface area contributed by atoms with Crippen molar-refractivity contribution >= 4 is 50.4 Å². The second-order valence-electron chi connectivity index (χ2n) is 7.11. The number of aromatic nitrogens is 1. The topological polar surface area (TPSA) is 211 Å². The van der Waals surface area contributed by atoms with E-state index in [1.165, 1.54) is 33.1 Å². The number of rotatable bonds is 8. The number of carboxylic acids is 1. The summed E-state index contributed by atoms with van der Waals surface area (Å²) in [4.78, 5) is 45.0. The molecular weight excluding hydrogens is 446 g/mol. The fourth-order valence-electron chi connectivity index (χ4n) is 2.22. The van der Waals surface area contributed by atoms with Crippen LogP contribution in [0.25, 0.3) is 0 Å². The van der Waals surface area contributed by atoms with Crippen LogP contribution in [0.5, 0.6) is 0 Å². The maximum absolute atomic E-state index is 12.7. The van der Waals surface area contributed by atoms with Gasteiger partial charge in [0.05, 0.1) is 5.54 Å². The van der Waals surface area contributed by atoms with Crippen LogP contribution in [0.4, 0.5) is 5.13 Å². The SMILES string of the molecule is CC(C)(O/N=C(/C(=O)N[C@@H]1C(=O)N(OS(=O)(=O)O)C1(C)C)c1csc(N)n1)C(=O)O. The molecule has 2 amide bonds. The van der Waals surface area contributed by atoms with E-state index in [0.29, 0.717) is 5.06 Å². The molecule has 2 rings (SSSR count). The molecule has 0 unspecified atom stereocenters. The Kier molecular flexibility index (Phi) is 6.09. The molecule has 1 aliphatic heterocycles. The molecule has 0 spiro atoms. The predicted molar refractivity (Wildman–Crippen MR) is 101 cm³/mol. The summed E-state index contributed by atoms with van der Waals surface area (Å²) >= 11 is 0.980. The van der Waals surface area contributed by atoms with Crippen molar-refractivity contribution in [2.75, 3.05) is 5.73 Å². The monoisotopic (exact) mass is 465 g/mol. The summed E-state index contributed by atoms with van der Waals surface area (Å²) < 4.78 is 34.7. The van der Waals surface area contributed by atoms with E-state index in [2.05, 4.69) is 19.7 Å². The van der Waals surface area contributed by atoms with E-state index in [9.17, 15) is 22.8 Å². The number of aliphatic carboxylic acids is 1. The standard InChI is InChI=1S/C14H19N5O9S2/c1-13(2)8(10(21)19(13)28-30(24,25)26)17-9(20)7(6-5-29-12(15)16-6)18-27-14(3,4)11(22)23/h5,8H,1-4H3,(H2,15,16)(H,17,20)(H,22,23)(H,24,25,26)/b18-7+/t8-/m1/s1. The Balaban J connectivity index is 2.27. The second-order valence-corrected chi connectivity index (χ2v) is 9.01. The smallest absolute Gasteiger partial charge is 0.418 e. The van der Waals surface area contributed by atoms with Crippen LogP contribution in [0.2, 0.25) is 0 Å². The molecule has 1 saturated heterocycles. The number of nitrogens with two attached hydrogens (primary N) is 1. The minimum absolute atomic E-state index is 0.0354. The van der Waals surface area contributed by atoms with Crippen LogP contribution < -0.4 is 11.1 Å². The summed E-state index contributed by atoms with van der Waals surface area (Å²) in [5.74, 6) is -3.29. The van der Waals surface area contributed by atoms with Crippen molar-refractivity contribution in [1.29, 1.82) is 0 Å². The molecule has 0 aromatic carbocycles. The first-order valence-electron chi connectivity index (χ1n) is 8.09. The van der Waals surface area contributed by atoms with Gasteiger partial charge in [-0.15, -0.1) is 15.6 Å². The summed E-state index contributed by atoms with van der Waals surface area (Å²) in [5.41, 5.74) is 1.91. The highest BCUT2D eigenvalue weighted by Crippen LogP contribution is 2.33. The van der Waals surface area contributed by atoms with Crippen molar-refractivity contribution in [2.45, 2.75) is 44.9 Å². The maximum atomic E-state index is 12.7. The molecule has 5 N–H and O–H groups in total. The molecule has 0 bridgehead atoms. The Hall–Kier alpha value is -2.82. The predicted octanol–water partition coefficient (Wildman–Crippen LogP) is -0.851. The number of nitrogens with zero attached hydrogens (tertiary/aromatic N) is 3. The van der Waals surface area contributed by atoms with Crippen molar-refractivity contribution in [2.24, 2.45) is 5.16 Å². The van der Waals surface area contributed by atoms with Gasteiger partial charge in [-0.25, -0.2) is 9.78 Å². The zero-order valence-electron chi connectivity index (χ0n) is 16.1. The molecule has 1 aromatic rings. The molecule has 1 aliphatic rings. The van der Waals surface area contributed by atoms with Gasteiger partial charge in [-0.05, 0) is 27.7 Å². The molecule has 16 heteroatoms. The fraction of sp³-hybridized carbons (Fsp3) is 0.500. The van der Waals surface area contributed by atoms with Crippen molar-refractivity contribution in [3.8, 4) is 0 Å². The van der Waals surface area contributed by atoms with Gasteiger partial charge in [0.2, 0.25) is 5.60 Å². The summed E-state index contributed by atoms with van der Waals surface area (Å²) in [5, 5.41) is 16.9. The summed E-state index contributed by atoms with van der Waals surface area (Å²) in [7, 11) is -4.96. The van der Waals surface area contributed by atoms with Gasteiger partial charge in [-0.3, -0.25) is 14.1 Å². The third-order valence-electron chi connectivity index (χ3n) is 3.98. The summed E-state index contributed by atoms with van der Waals surface area (Å²) in [6, 6.07) is -1.26. The lowest BCUT2D eigenvalue weighted by atomic mass is 9.84. The number of amides is 2. The Morgan fingerprint density at radius 2 is 2.03 bits per heavy atom. The zero-order chi connectivity index (χ0) is 23.1. The highest BCUT2D eigenvalue weighted by molar-refractivity contribution is 7.80. The van der Waals surface area contributed by atoms with Crippen LogP contribution in [-0.2, 0) is 33.9 Å². The van der Waals surface area contributed by atoms with E-state index in [-0.39, 0.29) is 10.8 Å². The highest BCUT2D eigenvalue weighted by atomic mass is 32.3. The third kappa shape index (κ3) is 4.84. The van der Waals surface area contributed by atoms with E-state index < -0.39 is 51.1 Å². The average Bonchev–Trinajstić information content (AvgIpc) is 3.02. The van der Waals surface area contributed by atoms with Crippen molar-refractivity contribution < 1.29 is 41.6 Å². The number of nitrogens with one attached hydrogen (secondary N) is 1. The van der Waals surface area contributed by atoms with Gasteiger partial charge in [0, 0.05) is 5.38 Å². The molecule has 1 fully saturated rings. The lowest BCUT2D eigenvalue weighted by molar-refractivity contribution is -0.218. The first-order valence-corrected chi connectivity index (χ1v) is 10.3. The summed E-state index contributed by atoms with van der Waals surface area (Å²) in [6.07, 6.45) is 0. The van der Waals surface area contributed by atoms with Gasteiger partial charge in [-0.2, -0.15) is 13.5 Å². The molecular formula is C14H19N5O9S2. The van der Waals surface area contributed by atoms with Gasteiger partial charge in [0.15, 0.2) is 10.8 Å². The van der Waals surface area contributed by atoms with E-state index >= 15 is 0 Å². The van der Waals surface area contributed by atoms with Gasteiger partial charge >= 0.3 is 16.4 Å². The number of carbonyl (C=O) groups excluding carboxylic acids is 2. The lowest BCUT2D eigenvalue weighted by Gasteiger charge is -2.50. The first-order chi connectivity index (χ1) is 13.6. The number of hydrogen-bond donors (Lipinski definition) is 4. The molecule has 14 nitrogen and oxygen atoms in total. The van der Waals surface area contributed by atoms with E-state index in [1.807, 2.05) is 0 Å². The Morgan fingerprint density at radius 3 is 2.47 bits per heavy atom. The fourth-order valence-corrected chi connectivity index (χ4v) is 3.22. The van der Waals surface area contributed by atoms with Crippen LogP contribution in [0.1, 0.15) is 33.4 Å². The van der Waals surface area contributed by atoms with Crippen LogP contribution >= 0.6 is 11.3 Å². The van der Waals surface area contributed by atoms with Gasteiger partial charge in [0.25, 0.3) is 11.8 Å². The van der Waals surface area contributed by atoms with Crippen molar-refractivity contribution in [3.63, 3.8) is 0 Å². The minimum Gasteiger partial charge on any atom is -0.478 e. The largest absolute Gasteiger partial charge is 0.478 e. The Bertz CT molecular complexity index is 1010. The zero-order valence-corrected chi connectivity index (χ0v) is 17.8. The normalized spacial score (nSPS) is 19.2. The molecule has 1 aromatic heterocycles. The quantitative estimate of drug-likeness (QED) is 0.161. The molecule has 2 heterocycles. The highest BCUT2D eigenvalue weighted by Gasteiger charge is 2.58. The third-order valence-corrected chi connectivity index (χ3v) is 4.99. The van der Waals surface area contributed by atoms with Crippen LogP contribution in [0.3, 0.4) is 0 Å². The molecule has 30 heavy (non-hydrogen) atoms. The molecule has 0 saturated carbocycles. The number of carbonyl (C=O) groups is 3. The molecule has 0 radical (unpaired) electrons. The number of nitrogen functional groups attached to an aromatic ring is 1. The molecule has 166 valence electrons. The lowest BCUT2D eigenvalue weighted by Crippen LogP contribution is -2.76. The number of carboxylic acid groups (broad SMARTS) is 1. The number of hydrogen-bond acceptors (Lipinski definition) is 11. The van der Waals surface area contributed by atoms with Crippen LogP contribution in [0.15, 0.2) is 10.5 Å². The number of β-lactam (4-membered cyclic amide) rings is 1. The Labute approximate surface area is 174 Å². The van der Waals surface area contributed by atoms with Crippen LogP contribution in [-0.4, -0.2) is 68.8 Å². The van der Waals surface area contributed by atoms with Gasteiger partial charge in [-0.1, -0.05) is 5.16 Å². The van der Waals surface area contributed by atoms with Crippen LogP contribution in [0, 0.1) is 0 Å². The van der Waals surface area contributed by atoms with Gasteiger partial charge in [0.1, 0.15) is 11.7 Å². The Morgan fingerprint density at radius 1 is 1.43 bits per heavy atom. The van der Waals surface area contributed by atoms with E-state index in [4.69, 9.17) is 20.2 Å². The number of anilines is 1. The first kappa shape index (κ1) is 23.5. The maximum Gasteiger partial charge on any atom is 0.418 e. The molecule has 0 aliphatic carbocycles. The number of thiazole rings is 1. The van der Waals surface area contributed by atoms with Gasteiger partial charge < -0.3 is 21.0 Å². The average molecular weight is 465 g/mol. The van der Waals surface area contributed by atoms with Crippen molar-refractivity contribution in [3.05, 3.63) is 11.1 Å². The second kappa shape index (κ2) is 7.78. The van der Waals surface area contributed by atoms with E-state index in [0.717, 1.165) is 11.3 Å².